The van der Waals surface area contributed by atoms with Crippen LogP contribution in [0.3, 0.4) is 0 Å². The SMILES string of the molecule is O=C(NN(C(=O)OCc1ccccc1)c1ccc2c(c1)OCCO2)OCc1ccccc1. The van der Waals surface area contributed by atoms with Crippen LogP contribution >= 0.6 is 0 Å². The lowest BCUT2D eigenvalue weighted by molar-refractivity contribution is 0.126. The van der Waals surface area contributed by atoms with E-state index in [1.54, 1.807) is 18.2 Å². The second kappa shape index (κ2) is 10.2. The molecule has 0 saturated heterocycles. The molecule has 0 bridgehead atoms. The molecule has 4 rings (SSSR count). The molecule has 0 aliphatic carbocycles. The third-order valence-electron chi connectivity index (χ3n) is 4.59. The van der Waals surface area contributed by atoms with E-state index in [0.29, 0.717) is 30.4 Å². The Bertz CT molecular complexity index is 1060. The number of hydrazine groups is 1. The zero-order valence-electron chi connectivity index (χ0n) is 17.2. The predicted molar refractivity (Wildman–Crippen MR) is 116 cm³/mol. The van der Waals surface area contributed by atoms with E-state index in [-0.39, 0.29) is 13.2 Å². The molecule has 3 aromatic rings. The van der Waals surface area contributed by atoms with Crippen molar-refractivity contribution in [3.05, 3.63) is 90.0 Å². The molecule has 8 heteroatoms. The summed E-state index contributed by atoms with van der Waals surface area (Å²) in [5.41, 5.74) is 4.42. The third kappa shape index (κ3) is 5.48. The summed E-state index contributed by atoms with van der Waals surface area (Å²) in [6.45, 7) is 0.933. The number of fused-ring (bicyclic) bond motifs is 1. The fourth-order valence-corrected chi connectivity index (χ4v) is 3.02. The molecule has 0 atom stereocenters. The highest BCUT2D eigenvalue weighted by molar-refractivity contribution is 5.91. The van der Waals surface area contributed by atoms with Gasteiger partial charge in [-0.1, -0.05) is 60.7 Å². The molecular weight excluding hydrogens is 412 g/mol. The maximum absolute atomic E-state index is 12.9. The van der Waals surface area contributed by atoms with E-state index in [1.807, 2.05) is 60.7 Å². The predicted octanol–water partition coefficient (Wildman–Crippen LogP) is 4.44. The Morgan fingerprint density at radius 1 is 0.781 bits per heavy atom. The Kier molecular flexibility index (Phi) is 6.72. The minimum Gasteiger partial charge on any atom is -0.486 e. The van der Waals surface area contributed by atoms with Crippen molar-refractivity contribution in [2.45, 2.75) is 13.2 Å². The van der Waals surface area contributed by atoms with Crippen LogP contribution in [0.5, 0.6) is 11.5 Å². The van der Waals surface area contributed by atoms with E-state index in [9.17, 15) is 9.59 Å². The fraction of sp³-hybridized carbons (Fsp3) is 0.167. The van der Waals surface area contributed by atoms with Crippen molar-refractivity contribution in [2.24, 2.45) is 0 Å². The highest BCUT2D eigenvalue weighted by Crippen LogP contribution is 2.33. The molecule has 32 heavy (non-hydrogen) atoms. The van der Waals surface area contributed by atoms with E-state index < -0.39 is 12.2 Å². The topological polar surface area (TPSA) is 86.3 Å². The van der Waals surface area contributed by atoms with Crippen molar-refractivity contribution in [2.75, 3.05) is 18.2 Å². The summed E-state index contributed by atoms with van der Waals surface area (Å²) >= 11 is 0. The number of anilines is 1. The molecule has 164 valence electrons. The molecule has 0 radical (unpaired) electrons. The molecule has 0 unspecified atom stereocenters. The minimum absolute atomic E-state index is 0.0431. The van der Waals surface area contributed by atoms with Gasteiger partial charge in [-0.05, 0) is 23.3 Å². The van der Waals surface area contributed by atoms with Gasteiger partial charge in [0.05, 0.1) is 5.69 Å². The Morgan fingerprint density at radius 2 is 1.38 bits per heavy atom. The second-order valence-corrected chi connectivity index (χ2v) is 6.88. The first-order valence-corrected chi connectivity index (χ1v) is 10.1. The number of amides is 2. The zero-order chi connectivity index (χ0) is 22.2. The maximum Gasteiger partial charge on any atom is 0.433 e. The van der Waals surface area contributed by atoms with Crippen LogP contribution in [0, 0.1) is 0 Å². The average molecular weight is 434 g/mol. The number of nitrogens with one attached hydrogen (secondary N) is 1. The molecule has 1 aliphatic heterocycles. The Balaban J connectivity index is 1.47. The van der Waals surface area contributed by atoms with Crippen LogP contribution < -0.4 is 19.9 Å². The highest BCUT2D eigenvalue weighted by atomic mass is 16.6. The van der Waals surface area contributed by atoms with Crippen molar-refractivity contribution in [1.29, 1.82) is 0 Å². The fourth-order valence-electron chi connectivity index (χ4n) is 3.02. The summed E-state index contributed by atoms with van der Waals surface area (Å²) < 4.78 is 21.8. The van der Waals surface area contributed by atoms with E-state index >= 15 is 0 Å². The van der Waals surface area contributed by atoms with Gasteiger partial charge < -0.3 is 18.9 Å². The van der Waals surface area contributed by atoms with Crippen molar-refractivity contribution < 1.29 is 28.5 Å². The zero-order valence-corrected chi connectivity index (χ0v) is 17.2. The summed E-state index contributed by atoms with van der Waals surface area (Å²) in [6, 6.07) is 23.3. The normalized spacial score (nSPS) is 11.9. The number of nitrogens with zero attached hydrogens (tertiary/aromatic N) is 1. The number of hydrogen-bond donors (Lipinski definition) is 1. The van der Waals surface area contributed by atoms with Crippen LogP contribution in [0.1, 0.15) is 11.1 Å². The van der Waals surface area contributed by atoms with Crippen LogP contribution in [-0.2, 0) is 22.7 Å². The average Bonchev–Trinajstić information content (AvgIpc) is 2.85. The van der Waals surface area contributed by atoms with Gasteiger partial charge in [0.2, 0.25) is 0 Å². The summed E-state index contributed by atoms with van der Waals surface area (Å²) in [5, 5.41) is 0.981. The van der Waals surface area contributed by atoms with Crippen molar-refractivity contribution in [1.82, 2.24) is 5.43 Å². The molecule has 1 heterocycles. The van der Waals surface area contributed by atoms with E-state index in [1.165, 1.54) is 0 Å². The summed E-state index contributed by atoms with van der Waals surface area (Å²) in [6.07, 6.45) is -1.58. The van der Waals surface area contributed by atoms with Gasteiger partial charge in [-0.25, -0.2) is 15.0 Å². The Morgan fingerprint density at radius 3 is 2.03 bits per heavy atom. The van der Waals surface area contributed by atoms with Crippen molar-refractivity contribution in [3.8, 4) is 11.5 Å². The standard InChI is InChI=1S/C24H22N2O6/c27-23(31-16-18-7-3-1-4-8-18)25-26(24(28)32-17-19-9-5-2-6-10-19)20-11-12-21-22(15-20)30-14-13-29-21/h1-12,15H,13-14,16-17H2,(H,25,27). The van der Waals surface area contributed by atoms with Crippen LogP contribution in [-0.4, -0.2) is 25.4 Å². The maximum atomic E-state index is 12.9. The molecule has 0 saturated carbocycles. The van der Waals surface area contributed by atoms with Gasteiger partial charge in [0.15, 0.2) is 11.5 Å². The van der Waals surface area contributed by atoms with Gasteiger partial charge in [0.25, 0.3) is 0 Å². The van der Waals surface area contributed by atoms with E-state index in [2.05, 4.69) is 5.43 Å². The lowest BCUT2D eigenvalue weighted by Gasteiger charge is -2.25. The molecule has 3 aromatic carbocycles. The van der Waals surface area contributed by atoms with E-state index in [0.717, 1.165) is 16.1 Å². The van der Waals surface area contributed by atoms with Gasteiger partial charge in [-0.3, -0.25) is 0 Å². The first-order valence-electron chi connectivity index (χ1n) is 10.1. The van der Waals surface area contributed by atoms with E-state index in [4.69, 9.17) is 18.9 Å². The van der Waals surface area contributed by atoms with Gasteiger partial charge in [-0.2, -0.15) is 5.01 Å². The molecule has 8 nitrogen and oxygen atoms in total. The van der Waals surface area contributed by atoms with Gasteiger partial charge in [-0.15, -0.1) is 0 Å². The van der Waals surface area contributed by atoms with Gasteiger partial charge >= 0.3 is 12.2 Å². The largest absolute Gasteiger partial charge is 0.486 e. The summed E-state index contributed by atoms with van der Waals surface area (Å²) in [4.78, 5) is 25.3. The molecule has 1 aliphatic rings. The summed E-state index contributed by atoms with van der Waals surface area (Å²) in [7, 11) is 0. The quantitative estimate of drug-likeness (QED) is 0.598. The smallest absolute Gasteiger partial charge is 0.433 e. The number of carbonyl (C=O) groups excluding carboxylic acids is 2. The van der Waals surface area contributed by atoms with Gasteiger partial charge in [0, 0.05) is 6.07 Å². The Labute approximate surface area is 185 Å². The first kappa shape index (κ1) is 21.0. The number of ether oxygens (including phenoxy) is 4. The minimum atomic E-state index is -0.805. The Hall–Kier alpha value is -4.20. The van der Waals surface area contributed by atoms with Crippen LogP contribution in [0.15, 0.2) is 78.9 Å². The molecule has 2 amide bonds. The van der Waals surface area contributed by atoms with Crippen molar-refractivity contribution >= 4 is 17.9 Å². The van der Waals surface area contributed by atoms with Crippen LogP contribution in [0.25, 0.3) is 0 Å². The molecule has 0 spiro atoms. The highest BCUT2D eigenvalue weighted by Gasteiger charge is 2.23. The molecule has 0 aromatic heterocycles. The van der Waals surface area contributed by atoms with Crippen LogP contribution in [0.4, 0.5) is 15.3 Å². The lowest BCUT2D eigenvalue weighted by Crippen LogP contribution is -2.47. The number of hydrogen-bond acceptors (Lipinski definition) is 6. The second-order valence-electron chi connectivity index (χ2n) is 6.88. The van der Waals surface area contributed by atoms with Crippen molar-refractivity contribution in [3.63, 3.8) is 0 Å². The van der Waals surface area contributed by atoms with Gasteiger partial charge in [0.1, 0.15) is 26.4 Å². The third-order valence-corrected chi connectivity index (χ3v) is 4.59. The number of benzene rings is 3. The lowest BCUT2D eigenvalue weighted by atomic mass is 10.2. The molecular formula is C24H22N2O6. The van der Waals surface area contributed by atoms with Crippen LogP contribution in [0.2, 0.25) is 0 Å². The number of carbonyl (C=O) groups is 2. The molecule has 1 N–H and O–H groups in total. The first-order chi connectivity index (χ1) is 15.7. The monoisotopic (exact) mass is 434 g/mol. The summed E-state index contributed by atoms with van der Waals surface area (Å²) in [5.74, 6) is 1.03. The number of rotatable bonds is 5. The molecule has 0 fully saturated rings.